The van der Waals surface area contributed by atoms with Crippen molar-refractivity contribution in [2.75, 3.05) is 51.3 Å². The number of hydrogen-bond donors (Lipinski definition) is 1. The van der Waals surface area contributed by atoms with Gasteiger partial charge < -0.3 is 19.4 Å². The van der Waals surface area contributed by atoms with Gasteiger partial charge in [-0.1, -0.05) is 23.7 Å². The van der Waals surface area contributed by atoms with Gasteiger partial charge >= 0.3 is 0 Å². The molecule has 0 aliphatic carbocycles. The highest BCUT2D eigenvalue weighted by molar-refractivity contribution is 6.32. The van der Waals surface area contributed by atoms with Crippen LogP contribution in [0.1, 0.15) is 23.2 Å². The number of para-hydroxylation sites is 1. The van der Waals surface area contributed by atoms with Gasteiger partial charge in [-0.25, -0.2) is 0 Å². The molecule has 1 aliphatic rings. The summed E-state index contributed by atoms with van der Waals surface area (Å²) in [4.78, 5) is 17.2. The predicted molar refractivity (Wildman–Crippen MR) is 126 cm³/mol. The number of methoxy groups -OCH3 is 1. The maximum absolute atomic E-state index is 12.4. The Labute approximate surface area is 188 Å². The van der Waals surface area contributed by atoms with E-state index in [1.54, 1.807) is 7.11 Å². The second-order valence-electron chi connectivity index (χ2n) is 7.85. The second-order valence-corrected chi connectivity index (χ2v) is 8.25. The molecule has 0 saturated carbocycles. The molecule has 7 heteroatoms. The third kappa shape index (κ3) is 5.14. The first-order valence-electron chi connectivity index (χ1n) is 10.8. The first kappa shape index (κ1) is 21.5. The van der Waals surface area contributed by atoms with Crippen molar-refractivity contribution in [1.82, 2.24) is 14.6 Å². The number of benzene rings is 1. The molecule has 1 amide bonds. The number of anilines is 1. The molecule has 1 fully saturated rings. The van der Waals surface area contributed by atoms with Gasteiger partial charge in [-0.15, -0.1) is 0 Å². The van der Waals surface area contributed by atoms with Gasteiger partial charge in [0.2, 0.25) is 0 Å². The van der Waals surface area contributed by atoms with E-state index in [9.17, 15) is 4.79 Å². The topological polar surface area (TPSA) is 49.2 Å². The summed E-state index contributed by atoms with van der Waals surface area (Å²) in [5.74, 6) is 0.747. The second kappa shape index (κ2) is 10.1. The lowest BCUT2D eigenvalue weighted by atomic mass is 10.2. The Hall–Kier alpha value is -2.70. The fourth-order valence-electron chi connectivity index (χ4n) is 4.10. The number of fused-ring (bicyclic) bond motifs is 1. The van der Waals surface area contributed by atoms with Gasteiger partial charge in [-0.2, -0.15) is 0 Å². The molecule has 0 atom stereocenters. The van der Waals surface area contributed by atoms with Crippen molar-refractivity contribution in [1.29, 1.82) is 0 Å². The van der Waals surface area contributed by atoms with E-state index >= 15 is 0 Å². The predicted octanol–water partition coefficient (Wildman–Crippen LogP) is 3.93. The van der Waals surface area contributed by atoms with Crippen molar-refractivity contribution < 1.29 is 9.53 Å². The molecule has 1 aromatic carbocycles. The molecule has 0 radical (unpaired) electrons. The van der Waals surface area contributed by atoms with Crippen LogP contribution < -0.4 is 15.0 Å². The first-order valence-corrected chi connectivity index (χ1v) is 11.2. The zero-order valence-corrected chi connectivity index (χ0v) is 18.6. The molecule has 1 N–H and O–H groups in total. The van der Waals surface area contributed by atoms with Gasteiger partial charge in [0.15, 0.2) is 5.75 Å². The van der Waals surface area contributed by atoms with E-state index in [4.69, 9.17) is 16.3 Å². The lowest BCUT2D eigenvalue weighted by Crippen LogP contribution is -2.46. The molecule has 0 bridgehead atoms. The van der Waals surface area contributed by atoms with E-state index in [1.807, 2.05) is 53.2 Å². The summed E-state index contributed by atoms with van der Waals surface area (Å²) in [6.45, 7) is 5.68. The zero-order chi connectivity index (χ0) is 21.6. The van der Waals surface area contributed by atoms with Crippen LogP contribution in [0.25, 0.3) is 5.52 Å². The van der Waals surface area contributed by atoms with Gasteiger partial charge in [0.1, 0.15) is 0 Å². The monoisotopic (exact) mass is 440 g/mol. The number of carbonyl (C=O) groups excluding carboxylic acids is 1. The number of amides is 1. The van der Waals surface area contributed by atoms with Crippen LogP contribution in [-0.4, -0.2) is 61.6 Å². The number of aromatic nitrogens is 1. The third-order valence-corrected chi connectivity index (χ3v) is 6.11. The lowest BCUT2D eigenvalue weighted by Gasteiger charge is -2.36. The molecule has 1 aliphatic heterocycles. The number of pyridine rings is 1. The fraction of sp³-hybridized carbons (Fsp3) is 0.375. The Morgan fingerprint density at radius 1 is 1.10 bits per heavy atom. The Bertz CT molecular complexity index is 994. The fourth-order valence-corrected chi connectivity index (χ4v) is 4.35. The molecule has 2 aromatic heterocycles. The lowest BCUT2D eigenvalue weighted by molar-refractivity contribution is 0.0952. The standard InChI is InChI=1S/C24H29ClN4O2/c1-31-23-21(25)8-6-9-22(23)28-15-13-27(14-16-28)11-5-3-10-26-24(30)19-17-20-7-2-4-12-29(20)18-19/h2,4,6-9,12,17-18H,3,5,10-11,13-16H2,1H3,(H,26,30). The number of nitrogens with zero attached hydrogens (tertiary/aromatic N) is 3. The van der Waals surface area contributed by atoms with E-state index < -0.39 is 0 Å². The maximum atomic E-state index is 12.4. The van der Waals surface area contributed by atoms with Crippen LogP contribution in [0.2, 0.25) is 5.02 Å². The molecule has 3 heterocycles. The minimum atomic E-state index is -0.00668. The summed E-state index contributed by atoms with van der Waals surface area (Å²) >= 11 is 6.26. The minimum absolute atomic E-state index is 0.00668. The van der Waals surface area contributed by atoms with Crippen LogP contribution in [0.4, 0.5) is 5.69 Å². The number of halogens is 1. The summed E-state index contributed by atoms with van der Waals surface area (Å²) in [5.41, 5.74) is 2.80. The molecule has 164 valence electrons. The number of hydrogen-bond acceptors (Lipinski definition) is 4. The number of ether oxygens (including phenoxy) is 1. The zero-order valence-electron chi connectivity index (χ0n) is 17.9. The number of carbonyl (C=O) groups is 1. The first-order chi connectivity index (χ1) is 15.2. The van der Waals surface area contributed by atoms with Crippen molar-refractivity contribution in [3.8, 4) is 5.75 Å². The van der Waals surface area contributed by atoms with Crippen molar-refractivity contribution in [2.24, 2.45) is 0 Å². The van der Waals surface area contributed by atoms with Crippen LogP contribution in [0.5, 0.6) is 5.75 Å². The Morgan fingerprint density at radius 3 is 2.71 bits per heavy atom. The van der Waals surface area contributed by atoms with Crippen molar-refractivity contribution in [2.45, 2.75) is 12.8 Å². The minimum Gasteiger partial charge on any atom is -0.493 e. The highest BCUT2D eigenvalue weighted by Gasteiger charge is 2.20. The third-order valence-electron chi connectivity index (χ3n) is 5.82. The Kier molecular flexibility index (Phi) is 6.99. The highest BCUT2D eigenvalue weighted by Crippen LogP contribution is 2.35. The van der Waals surface area contributed by atoms with Crippen molar-refractivity contribution in [3.63, 3.8) is 0 Å². The van der Waals surface area contributed by atoms with E-state index in [1.165, 1.54) is 0 Å². The maximum Gasteiger partial charge on any atom is 0.252 e. The normalized spacial score (nSPS) is 14.7. The smallest absolute Gasteiger partial charge is 0.252 e. The van der Waals surface area contributed by atoms with Gasteiger partial charge in [-0.05, 0) is 49.7 Å². The van der Waals surface area contributed by atoms with Crippen LogP contribution in [-0.2, 0) is 0 Å². The summed E-state index contributed by atoms with van der Waals surface area (Å²) in [6, 6.07) is 13.7. The number of nitrogens with one attached hydrogen (secondary N) is 1. The molecule has 4 rings (SSSR count). The van der Waals surface area contributed by atoms with Gasteiger partial charge in [0.05, 0.1) is 23.4 Å². The molecule has 3 aromatic rings. The summed E-state index contributed by atoms with van der Waals surface area (Å²) in [6.07, 6.45) is 5.87. The summed E-state index contributed by atoms with van der Waals surface area (Å²) in [7, 11) is 1.67. The Balaban J connectivity index is 1.16. The molecule has 6 nitrogen and oxygen atoms in total. The summed E-state index contributed by atoms with van der Waals surface area (Å²) in [5, 5.41) is 3.69. The Morgan fingerprint density at radius 2 is 1.94 bits per heavy atom. The van der Waals surface area contributed by atoms with Crippen LogP contribution in [0.15, 0.2) is 54.9 Å². The van der Waals surface area contributed by atoms with Crippen LogP contribution >= 0.6 is 11.6 Å². The quantitative estimate of drug-likeness (QED) is 0.539. The van der Waals surface area contributed by atoms with Crippen molar-refractivity contribution >= 4 is 28.7 Å². The SMILES string of the molecule is COc1c(Cl)cccc1N1CCN(CCCCNC(=O)c2cc3ccccn3c2)CC1. The molecule has 0 unspecified atom stereocenters. The van der Waals surface area contributed by atoms with E-state index in [0.717, 1.165) is 62.5 Å². The van der Waals surface area contributed by atoms with E-state index in [2.05, 4.69) is 21.2 Å². The number of piperazine rings is 1. The van der Waals surface area contributed by atoms with Crippen LogP contribution in [0, 0.1) is 0 Å². The van der Waals surface area contributed by atoms with E-state index in [-0.39, 0.29) is 5.91 Å². The van der Waals surface area contributed by atoms with Crippen LogP contribution in [0.3, 0.4) is 0 Å². The average molecular weight is 441 g/mol. The molecule has 0 spiro atoms. The van der Waals surface area contributed by atoms with Gasteiger partial charge in [0.25, 0.3) is 5.91 Å². The number of rotatable bonds is 8. The largest absolute Gasteiger partial charge is 0.493 e. The molecular weight excluding hydrogens is 412 g/mol. The number of unbranched alkanes of at least 4 members (excludes halogenated alkanes) is 1. The summed E-state index contributed by atoms with van der Waals surface area (Å²) < 4.78 is 7.46. The van der Waals surface area contributed by atoms with E-state index in [0.29, 0.717) is 17.1 Å². The average Bonchev–Trinajstić information content (AvgIpc) is 3.23. The van der Waals surface area contributed by atoms with Crippen molar-refractivity contribution in [3.05, 3.63) is 65.4 Å². The molecule has 1 saturated heterocycles. The van der Waals surface area contributed by atoms with Gasteiger partial charge in [-0.3, -0.25) is 9.69 Å². The molecule has 31 heavy (non-hydrogen) atoms. The van der Waals surface area contributed by atoms with Gasteiger partial charge in [0, 0.05) is 50.6 Å². The molecular formula is C24H29ClN4O2. The highest BCUT2D eigenvalue weighted by atomic mass is 35.5.